The number of benzene rings is 2. The van der Waals surface area contributed by atoms with Gasteiger partial charge in [-0.15, -0.1) is 0 Å². The highest BCUT2D eigenvalue weighted by atomic mass is 32.1. The van der Waals surface area contributed by atoms with E-state index in [4.69, 9.17) is 17.0 Å². The third-order valence-electron chi connectivity index (χ3n) is 6.05. The number of thiocarbonyl (C=S) groups is 1. The van der Waals surface area contributed by atoms with Crippen LogP contribution in [0.15, 0.2) is 48.5 Å². The summed E-state index contributed by atoms with van der Waals surface area (Å²) in [6.45, 7) is 6.65. The molecule has 2 amide bonds. The van der Waals surface area contributed by atoms with Gasteiger partial charge < -0.3 is 15.0 Å². The summed E-state index contributed by atoms with van der Waals surface area (Å²) in [4.78, 5) is 27.3. The Morgan fingerprint density at radius 1 is 1.03 bits per heavy atom. The van der Waals surface area contributed by atoms with Crippen LogP contribution in [0.3, 0.4) is 0 Å². The third kappa shape index (κ3) is 7.83. The second-order valence-corrected chi connectivity index (χ2v) is 9.31. The quantitative estimate of drug-likeness (QED) is 0.358. The highest BCUT2D eigenvalue weighted by molar-refractivity contribution is 7.80. The molecule has 3 rings (SSSR count). The first-order chi connectivity index (χ1) is 16.5. The van der Waals surface area contributed by atoms with Crippen LogP contribution in [-0.4, -0.2) is 41.5 Å². The molecule has 0 bridgehead atoms. The summed E-state index contributed by atoms with van der Waals surface area (Å²) in [5, 5.41) is 5.88. The molecule has 2 aromatic rings. The summed E-state index contributed by atoms with van der Waals surface area (Å²) >= 11 is 5.31. The van der Waals surface area contributed by atoms with Crippen molar-refractivity contribution in [1.82, 2.24) is 10.2 Å². The molecule has 0 aliphatic carbocycles. The average Bonchev–Trinajstić information content (AvgIpc) is 2.84. The Kier molecular flexibility index (Phi) is 9.89. The number of nitrogens with zero attached hydrogens (tertiary/aromatic N) is 1. The fourth-order valence-corrected chi connectivity index (χ4v) is 4.09. The Hall–Kier alpha value is -2.93. The lowest BCUT2D eigenvalue weighted by atomic mass is 9.98. The first-order valence-electron chi connectivity index (χ1n) is 12.2. The van der Waals surface area contributed by atoms with Crippen molar-refractivity contribution in [3.63, 3.8) is 0 Å². The monoisotopic (exact) mass is 481 g/mol. The molecule has 2 aromatic carbocycles. The van der Waals surface area contributed by atoms with Gasteiger partial charge in [0.2, 0.25) is 0 Å². The number of hydrogen-bond donors (Lipinski definition) is 2. The van der Waals surface area contributed by atoms with Crippen molar-refractivity contribution in [3.8, 4) is 5.75 Å². The Balaban J connectivity index is 1.49. The predicted octanol–water partition coefficient (Wildman–Crippen LogP) is 5.64. The van der Waals surface area contributed by atoms with Crippen LogP contribution < -0.4 is 15.4 Å². The molecule has 0 unspecified atom stereocenters. The van der Waals surface area contributed by atoms with E-state index >= 15 is 0 Å². The fourth-order valence-electron chi connectivity index (χ4n) is 3.88. The average molecular weight is 482 g/mol. The van der Waals surface area contributed by atoms with E-state index in [1.54, 1.807) is 36.4 Å². The van der Waals surface area contributed by atoms with E-state index in [1.807, 2.05) is 17.0 Å². The number of anilines is 1. The van der Waals surface area contributed by atoms with Gasteiger partial charge in [0.25, 0.3) is 11.8 Å². The van der Waals surface area contributed by atoms with E-state index in [1.165, 1.54) is 12.8 Å². The number of ether oxygens (including phenoxy) is 1. The zero-order valence-corrected chi connectivity index (χ0v) is 21.0. The molecule has 0 radical (unpaired) electrons. The highest BCUT2D eigenvalue weighted by Gasteiger charge is 2.21. The summed E-state index contributed by atoms with van der Waals surface area (Å²) in [5.74, 6) is 1.13. The first kappa shape index (κ1) is 25.7. The normalized spacial score (nSPS) is 13.9. The Morgan fingerprint density at radius 2 is 1.76 bits per heavy atom. The molecule has 6 nitrogen and oxygen atoms in total. The van der Waals surface area contributed by atoms with Gasteiger partial charge in [-0.2, -0.15) is 0 Å². The number of unbranched alkanes of at least 4 members (excludes halogenated alkanes) is 3. The van der Waals surface area contributed by atoms with Crippen LogP contribution in [0.25, 0.3) is 0 Å². The molecule has 1 aliphatic rings. The first-order valence-corrected chi connectivity index (χ1v) is 12.6. The van der Waals surface area contributed by atoms with Crippen molar-refractivity contribution in [2.45, 2.75) is 52.4 Å². The van der Waals surface area contributed by atoms with Gasteiger partial charge in [0, 0.05) is 29.9 Å². The molecule has 1 heterocycles. The number of rotatable bonds is 9. The van der Waals surface area contributed by atoms with E-state index in [9.17, 15) is 9.59 Å². The zero-order valence-electron chi connectivity index (χ0n) is 20.1. The molecule has 34 heavy (non-hydrogen) atoms. The second kappa shape index (κ2) is 13.1. The minimum atomic E-state index is -0.304. The summed E-state index contributed by atoms with van der Waals surface area (Å²) < 4.78 is 5.73. The zero-order chi connectivity index (χ0) is 24.3. The van der Waals surface area contributed by atoms with E-state index < -0.39 is 0 Å². The van der Waals surface area contributed by atoms with E-state index in [0.29, 0.717) is 29.3 Å². The maximum absolute atomic E-state index is 12.8. The maximum atomic E-state index is 12.8. The Morgan fingerprint density at radius 3 is 2.47 bits per heavy atom. The molecule has 1 fully saturated rings. The van der Waals surface area contributed by atoms with E-state index in [0.717, 1.165) is 44.5 Å². The van der Waals surface area contributed by atoms with Crippen LogP contribution in [0.5, 0.6) is 5.75 Å². The summed E-state index contributed by atoms with van der Waals surface area (Å²) in [5.41, 5.74) is 1.76. The minimum absolute atomic E-state index is 0.0261. The highest BCUT2D eigenvalue weighted by Crippen LogP contribution is 2.20. The Bertz CT molecular complexity index is 969. The van der Waals surface area contributed by atoms with Gasteiger partial charge in [-0.05, 0) is 79.9 Å². The van der Waals surface area contributed by atoms with Crippen LogP contribution in [-0.2, 0) is 0 Å². The fraction of sp³-hybridized carbons (Fsp3) is 0.444. The number of piperidine rings is 1. The molecular weight excluding hydrogens is 446 g/mol. The standard InChI is InChI=1S/C27H35N3O3S/c1-3-4-5-6-18-33-24-12-10-21(11-13-24)25(31)29-27(34)28-23-9-7-8-22(19-23)26(32)30-16-14-20(2)15-17-30/h7-13,19-20H,3-6,14-18H2,1-2H3,(H2,28,29,31,34). The van der Waals surface area contributed by atoms with E-state index in [-0.39, 0.29) is 16.9 Å². The lowest BCUT2D eigenvalue weighted by Gasteiger charge is -2.30. The summed E-state index contributed by atoms with van der Waals surface area (Å²) in [7, 11) is 0. The number of nitrogens with one attached hydrogen (secondary N) is 2. The van der Waals surface area contributed by atoms with Crippen molar-refractivity contribution in [3.05, 3.63) is 59.7 Å². The van der Waals surface area contributed by atoms with Gasteiger partial charge in [-0.25, -0.2) is 0 Å². The van der Waals surface area contributed by atoms with Crippen molar-refractivity contribution >= 4 is 34.8 Å². The summed E-state index contributed by atoms with van der Waals surface area (Å²) in [6.07, 6.45) is 6.67. The van der Waals surface area contributed by atoms with Gasteiger partial charge >= 0.3 is 0 Å². The predicted molar refractivity (Wildman–Crippen MR) is 141 cm³/mol. The number of carbonyl (C=O) groups is 2. The van der Waals surface area contributed by atoms with Crippen LogP contribution in [0.4, 0.5) is 5.69 Å². The molecular formula is C27H35N3O3S. The molecule has 182 valence electrons. The van der Waals surface area contributed by atoms with Gasteiger partial charge in [0.15, 0.2) is 5.11 Å². The topological polar surface area (TPSA) is 70.7 Å². The number of carbonyl (C=O) groups excluding carboxylic acids is 2. The molecule has 1 aliphatic heterocycles. The largest absolute Gasteiger partial charge is 0.494 e. The van der Waals surface area contributed by atoms with Crippen LogP contribution >= 0.6 is 12.2 Å². The van der Waals surface area contributed by atoms with Crippen LogP contribution in [0.1, 0.15) is 73.1 Å². The maximum Gasteiger partial charge on any atom is 0.257 e. The number of amides is 2. The van der Waals surface area contributed by atoms with Crippen molar-refractivity contribution < 1.29 is 14.3 Å². The van der Waals surface area contributed by atoms with Crippen LogP contribution in [0, 0.1) is 5.92 Å². The smallest absolute Gasteiger partial charge is 0.257 e. The lowest BCUT2D eigenvalue weighted by molar-refractivity contribution is 0.0697. The molecule has 0 aromatic heterocycles. The van der Waals surface area contributed by atoms with Gasteiger partial charge in [-0.1, -0.05) is 39.2 Å². The van der Waals surface area contributed by atoms with Crippen molar-refractivity contribution in [2.75, 3.05) is 25.0 Å². The Labute approximate surface area is 208 Å². The number of likely N-dealkylation sites (tertiary alicyclic amines) is 1. The summed E-state index contributed by atoms with van der Waals surface area (Å²) in [6, 6.07) is 14.2. The molecule has 0 saturated carbocycles. The number of hydrogen-bond acceptors (Lipinski definition) is 4. The lowest BCUT2D eigenvalue weighted by Crippen LogP contribution is -2.38. The van der Waals surface area contributed by atoms with Crippen molar-refractivity contribution in [1.29, 1.82) is 0 Å². The molecule has 2 N–H and O–H groups in total. The van der Waals surface area contributed by atoms with Crippen LogP contribution in [0.2, 0.25) is 0 Å². The molecule has 0 atom stereocenters. The molecule has 1 saturated heterocycles. The SMILES string of the molecule is CCCCCCOc1ccc(C(=O)NC(=S)Nc2cccc(C(=O)N3CCC(C)CC3)c2)cc1. The third-order valence-corrected chi connectivity index (χ3v) is 6.25. The second-order valence-electron chi connectivity index (χ2n) is 8.90. The van der Waals surface area contributed by atoms with Crippen molar-refractivity contribution in [2.24, 2.45) is 5.92 Å². The van der Waals surface area contributed by atoms with Gasteiger partial charge in [-0.3, -0.25) is 14.9 Å². The molecule has 0 spiro atoms. The van der Waals surface area contributed by atoms with E-state index in [2.05, 4.69) is 24.5 Å². The molecule has 7 heteroatoms. The minimum Gasteiger partial charge on any atom is -0.494 e. The van der Waals surface area contributed by atoms with Gasteiger partial charge in [0.1, 0.15) is 5.75 Å². The van der Waals surface area contributed by atoms with Gasteiger partial charge in [0.05, 0.1) is 6.61 Å².